The van der Waals surface area contributed by atoms with Crippen LogP contribution in [0.25, 0.3) is 0 Å². The molecule has 0 radical (unpaired) electrons. The first-order valence-corrected chi connectivity index (χ1v) is 5.46. The number of fused-ring (bicyclic) bond motifs is 2. The molecule has 74 valence electrons. The molecule has 0 amide bonds. The van der Waals surface area contributed by atoms with E-state index < -0.39 is 0 Å². The fourth-order valence-electron chi connectivity index (χ4n) is 3.33. The molecule has 3 fully saturated rings. The Hall–Kier alpha value is -0.300. The van der Waals surface area contributed by atoms with Crippen LogP contribution in [0.3, 0.4) is 0 Å². The van der Waals surface area contributed by atoms with E-state index in [0.29, 0.717) is 5.41 Å². The van der Waals surface area contributed by atoms with E-state index in [4.69, 9.17) is 5.73 Å². The molecule has 3 aliphatic rings. The summed E-state index contributed by atoms with van der Waals surface area (Å²) in [6, 6.07) is 0. The van der Waals surface area contributed by atoms with Crippen molar-refractivity contribution in [3.63, 3.8) is 0 Å². The van der Waals surface area contributed by atoms with Gasteiger partial charge in [0.25, 0.3) is 0 Å². The molecule has 0 heterocycles. The van der Waals surface area contributed by atoms with Gasteiger partial charge >= 0.3 is 0 Å². The lowest BCUT2D eigenvalue weighted by Crippen LogP contribution is -2.51. The zero-order chi connectivity index (χ0) is 9.64. The molecule has 3 saturated carbocycles. The lowest BCUT2D eigenvalue weighted by molar-refractivity contribution is -0.0475. The summed E-state index contributed by atoms with van der Waals surface area (Å²) in [5.74, 6) is 2.48. The van der Waals surface area contributed by atoms with Crippen molar-refractivity contribution in [2.75, 3.05) is 6.54 Å². The van der Waals surface area contributed by atoms with E-state index >= 15 is 0 Å². The summed E-state index contributed by atoms with van der Waals surface area (Å²) in [5, 5.41) is 0. The molecule has 0 spiro atoms. The Morgan fingerprint density at radius 1 is 1.46 bits per heavy atom. The minimum absolute atomic E-state index is 0.544. The van der Waals surface area contributed by atoms with E-state index in [1.54, 1.807) is 0 Å². The molecule has 3 unspecified atom stereocenters. The van der Waals surface area contributed by atoms with Gasteiger partial charge in [0.15, 0.2) is 0 Å². The van der Waals surface area contributed by atoms with E-state index in [1.807, 2.05) is 0 Å². The Labute approximate surface area is 81.4 Å². The van der Waals surface area contributed by atoms with Crippen LogP contribution in [0.2, 0.25) is 0 Å². The van der Waals surface area contributed by atoms with Gasteiger partial charge in [-0.25, -0.2) is 0 Å². The predicted molar refractivity (Wildman–Crippen MR) is 56.3 cm³/mol. The van der Waals surface area contributed by atoms with Crippen LogP contribution in [0.1, 0.15) is 33.1 Å². The van der Waals surface area contributed by atoms with Crippen LogP contribution in [-0.4, -0.2) is 6.54 Å². The molecule has 13 heavy (non-hydrogen) atoms. The van der Waals surface area contributed by atoms with Crippen LogP contribution in [0, 0.1) is 23.2 Å². The van der Waals surface area contributed by atoms with Crippen LogP contribution in [-0.2, 0) is 0 Å². The van der Waals surface area contributed by atoms with Crippen LogP contribution in [0.4, 0.5) is 0 Å². The minimum atomic E-state index is 0.544. The van der Waals surface area contributed by atoms with Gasteiger partial charge in [-0.3, -0.25) is 0 Å². The van der Waals surface area contributed by atoms with Crippen molar-refractivity contribution in [2.45, 2.75) is 33.1 Å². The third-order valence-corrected chi connectivity index (χ3v) is 4.53. The van der Waals surface area contributed by atoms with E-state index in [-0.39, 0.29) is 0 Å². The Bertz CT molecular complexity index is 229. The Kier molecular flexibility index (Phi) is 2.03. The van der Waals surface area contributed by atoms with Crippen molar-refractivity contribution < 1.29 is 0 Å². The summed E-state index contributed by atoms with van der Waals surface area (Å²) >= 11 is 0. The van der Waals surface area contributed by atoms with E-state index in [1.165, 1.54) is 18.4 Å². The van der Waals surface area contributed by atoms with Gasteiger partial charge in [-0.15, -0.1) is 0 Å². The highest BCUT2D eigenvalue weighted by Gasteiger charge is 2.54. The van der Waals surface area contributed by atoms with Gasteiger partial charge in [0.1, 0.15) is 0 Å². The van der Waals surface area contributed by atoms with Gasteiger partial charge in [0.2, 0.25) is 0 Å². The molecule has 1 nitrogen and oxygen atoms in total. The molecule has 0 aromatic heterocycles. The third-order valence-electron chi connectivity index (χ3n) is 4.53. The zero-order valence-electron chi connectivity index (χ0n) is 8.84. The van der Waals surface area contributed by atoms with Crippen LogP contribution < -0.4 is 5.73 Å². The third kappa shape index (κ3) is 1.17. The topological polar surface area (TPSA) is 26.0 Å². The van der Waals surface area contributed by atoms with Gasteiger partial charge in [-0.05, 0) is 49.0 Å². The normalized spacial score (nSPS) is 41.5. The molecule has 3 aliphatic carbocycles. The van der Waals surface area contributed by atoms with Gasteiger partial charge in [0.05, 0.1) is 0 Å². The van der Waals surface area contributed by atoms with Gasteiger partial charge < -0.3 is 5.73 Å². The van der Waals surface area contributed by atoms with E-state index in [0.717, 1.165) is 30.7 Å². The van der Waals surface area contributed by atoms with Crippen LogP contribution in [0.5, 0.6) is 0 Å². The van der Waals surface area contributed by atoms with E-state index in [9.17, 15) is 0 Å². The minimum Gasteiger partial charge on any atom is -0.330 e. The SMILES string of the molecule is C=C1C(CCN)CC2CC1C2(C)C. The number of hydrogen-bond acceptors (Lipinski definition) is 1. The van der Waals surface area contributed by atoms with Gasteiger partial charge in [-0.1, -0.05) is 26.0 Å². The summed E-state index contributed by atoms with van der Waals surface area (Å²) in [7, 11) is 0. The summed E-state index contributed by atoms with van der Waals surface area (Å²) in [4.78, 5) is 0. The molecule has 0 aliphatic heterocycles. The standard InChI is InChI=1S/C12H21N/c1-8-9(4-5-13)6-10-7-11(8)12(10,2)3/h9-11H,1,4-7,13H2,2-3H3. The first-order valence-electron chi connectivity index (χ1n) is 5.46. The Morgan fingerprint density at radius 2 is 2.15 bits per heavy atom. The maximum Gasteiger partial charge on any atom is -0.00716 e. The van der Waals surface area contributed by atoms with Crippen molar-refractivity contribution in [3.05, 3.63) is 12.2 Å². The quantitative estimate of drug-likeness (QED) is 0.648. The van der Waals surface area contributed by atoms with E-state index in [2.05, 4.69) is 20.4 Å². The second-order valence-corrected chi connectivity index (χ2v) is 5.39. The monoisotopic (exact) mass is 179 g/mol. The van der Waals surface area contributed by atoms with Crippen LogP contribution >= 0.6 is 0 Å². The summed E-state index contributed by atoms with van der Waals surface area (Å²) in [6.07, 6.45) is 3.90. The fourth-order valence-corrected chi connectivity index (χ4v) is 3.33. The summed E-state index contributed by atoms with van der Waals surface area (Å²) in [5.41, 5.74) is 7.65. The zero-order valence-corrected chi connectivity index (χ0v) is 8.84. The smallest absolute Gasteiger partial charge is 0.00716 e. The van der Waals surface area contributed by atoms with Crippen LogP contribution in [0.15, 0.2) is 12.2 Å². The highest BCUT2D eigenvalue weighted by molar-refractivity contribution is 5.22. The molecule has 0 aromatic carbocycles. The molecule has 3 atom stereocenters. The second kappa shape index (κ2) is 2.84. The number of hydrogen-bond donors (Lipinski definition) is 1. The van der Waals surface area contributed by atoms with Crippen molar-refractivity contribution in [2.24, 2.45) is 28.9 Å². The second-order valence-electron chi connectivity index (χ2n) is 5.39. The number of rotatable bonds is 2. The molecule has 1 heteroatoms. The summed E-state index contributed by atoms with van der Waals surface area (Å²) < 4.78 is 0. The van der Waals surface area contributed by atoms with Crippen molar-refractivity contribution in [3.8, 4) is 0 Å². The lowest BCUT2D eigenvalue weighted by Gasteiger charge is -2.60. The predicted octanol–water partition coefficient (Wildman–Crippen LogP) is 2.57. The van der Waals surface area contributed by atoms with Crippen molar-refractivity contribution in [1.82, 2.24) is 0 Å². The first-order chi connectivity index (χ1) is 6.07. The summed E-state index contributed by atoms with van der Waals surface area (Å²) in [6.45, 7) is 9.89. The maximum atomic E-state index is 5.61. The molecule has 3 rings (SSSR count). The molecule has 0 aromatic rings. The number of nitrogens with two attached hydrogens (primary N) is 1. The lowest BCUT2D eigenvalue weighted by atomic mass is 9.45. The highest BCUT2D eigenvalue weighted by Crippen LogP contribution is 2.62. The number of allylic oxidation sites excluding steroid dienone is 1. The molecular formula is C12H21N. The maximum absolute atomic E-state index is 5.61. The van der Waals surface area contributed by atoms with Crippen molar-refractivity contribution in [1.29, 1.82) is 0 Å². The Morgan fingerprint density at radius 3 is 2.62 bits per heavy atom. The molecule has 0 saturated heterocycles. The molecular weight excluding hydrogens is 158 g/mol. The average Bonchev–Trinajstić information content (AvgIpc) is 2.08. The Balaban J connectivity index is 2.08. The van der Waals surface area contributed by atoms with Crippen molar-refractivity contribution >= 4 is 0 Å². The van der Waals surface area contributed by atoms with Gasteiger partial charge in [0, 0.05) is 0 Å². The van der Waals surface area contributed by atoms with Gasteiger partial charge in [-0.2, -0.15) is 0 Å². The largest absolute Gasteiger partial charge is 0.330 e. The first kappa shape index (κ1) is 9.26. The average molecular weight is 179 g/mol. The molecule has 2 bridgehead atoms. The fraction of sp³-hybridized carbons (Fsp3) is 0.833. The molecule has 2 N–H and O–H groups in total. The highest BCUT2D eigenvalue weighted by atomic mass is 14.6.